The molecule has 1 unspecified atom stereocenters. The summed E-state index contributed by atoms with van der Waals surface area (Å²) in [4.78, 5) is 11.1. The largest absolute Gasteiger partial charge is 0.480 e. The van der Waals surface area contributed by atoms with Gasteiger partial charge >= 0.3 is 18.3 Å². The van der Waals surface area contributed by atoms with Crippen molar-refractivity contribution in [2.75, 3.05) is 0 Å². The third-order valence-corrected chi connectivity index (χ3v) is 5.98. The van der Waals surface area contributed by atoms with E-state index < -0.39 is 57.4 Å². The third-order valence-electron chi connectivity index (χ3n) is 2.82. The number of carbonyl (C=O) groups is 1. The fraction of sp³-hybridized carbons (Fsp3) is 0.545. The SMILES string of the molecule is O=C(O)C(NS(=O)(=O)c1ccc(Cl)s1)C(CC(F)(F)F)CC(F)(F)F. The minimum Gasteiger partial charge on any atom is -0.480 e. The van der Waals surface area contributed by atoms with Gasteiger partial charge in [-0.15, -0.1) is 11.3 Å². The van der Waals surface area contributed by atoms with Crippen LogP contribution < -0.4 is 4.72 Å². The molecule has 0 saturated carbocycles. The molecule has 0 radical (unpaired) electrons. The number of sulfonamides is 1. The summed E-state index contributed by atoms with van der Waals surface area (Å²) in [5.41, 5.74) is 0. The van der Waals surface area contributed by atoms with Crippen LogP contribution in [0.1, 0.15) is 12.8 Å². The van der Waals surface area contributed by atoms with E-state index in [0.717, 1.165) is 12.1 Å². The van der Waals surface area contributed by atoms with Crippen molar-refractivity contribution < 1.29 is 44.7 Å². The van der Waals surface area contributed by atoms with Crippen molar-refractivity contribution in [3.05, 3.63) is 16.5 Å². The number of alkyl halides is 6. The number of aliphatic carboxylic acids is 1. The second-order valence-electron chi connectivity index (χ2n) is 4.89. The molecule has 0 fully saturated rings. The van der Waals surface area contributed by atoms with Gasteiger partial charge in [0.15, 0.2) is 0 Å². The summed E-state index contributed by atoms with van der Waals surface area (Å²) in [5, 5.41) is 8.97. The standard InChI is InChI=1S/C11H10ClF6NO4S2/c12-6-1-2-7(24-6)25(22,23)19-8(9(20)21)5(3-10(13,14)15)4-11(16,17)18/h1-2,5,8,19H,3-4H2,(H,20,21). The van der Waals surface area contributed by atoms with Crippen LogP contribution in [0.4, 0.5) is 26.3 Å². The first-order valence-electron chi connectivity index (χ1n) is 6.25. The molecular formula is C11H10ClF6NO4S2. The van der Waals surface area contributed by atoms with Crippen LogP contribution in [0.15, 0.2) is 16.3 Å². The Balaban J connectivity index is 3.18. The van der Waals surface area contributed by atoms with Gasteiger partial charge in [-0.2, -0.15) is 31.1 Å². The predicted molar refractivity (Wildman–Crippen MR) is 75.9 cm³/mol. The molecule has 0 amide bonds. The van der Waals surface area contributed by atoms with Gasteiger partial charge in [0.1, 0.15) is 10.3 Å². The summed E-state index contributed by atoms with van der Waals surface area (Å²) in [7, 11) is -4.67. The second kappa shape index (κ2) is 7.68. The van der Waals surface area contributed by atoms with E-state index >= 15 is 0 Å². The summed E-state index contributed by atoms with van der Waals surface area (Å²) >= 11 is 5.98. The molecule has 144 valence electrons. The van der Waals surface area contributed by atoms with Crippen LogP contribution in [0.3, 0.4) is 0 Å². The van der Waals surface area contributed by atoms with Gasteiger partial charge in [-0.3, -0.25) is 4.79 Å². The summed E-state index contributed by atoms with van der Waals surface area (Å²) in [5.74, 6) is -4.74. The number of carboxylic acids is 1. The van der Waals surface area contributed by atoms with Gasteiger partial charge in [0.2, 0.25) is 0 Å². The van der Waals surface area contributed by atoms with Crippen LogP contribution in [-0.4, -0.2) is 37.9 Å². The van der Waals surface area contributed by atoms with E-state index in [1.54, 1.807) is 0 Å². The van der Waals surface area contributed by atoms with Crippen molar-refractivity contribution in [1.82, 2.24) is 4.72 Å². The molecule has 0 spiro atoms. The van der Waals surface area contributed by atoms with Crippen LogP contribution in [0.25, 0.3) is 0 Å². The molecule has 14 heteroatoms. The van der Waals surface area contributed by atoms with Gasteiger partial charge in [0.25, 0.3) is 10.0 Å². The molecule has 1 heterocycles. The summed E-state index contributed by atoms with van der Waals surface area (Å²) < 4.78 is 99.9. The first kappa shape index (κ1) is 22.0. The monoisotopic (exact) mass is 433 g/mol. The van der Waals surface area contributed by atoms with Crippen LogP contribution in [0, 0.1) is 5.92 Å². The lowest BCUT2D eigenvalue weighted by molar-refractivity contribution is -0.178. The first-order chi connectivity index (χ1) is 11.1. The van der Waals surface area contributed by atoms with Gasteiger partial charge < -0.3 is 5.11 Å². The minimum atomic E-state index is -5.12. The van der Waals surface area contributed by atoms with Crippen molar-refractivity contribution in [3.8, 4) is 0 Å². The summed E-state index contributed by atoms with van der Waals surface area (Å²) in [6.45, 7) is 0. The van der Waals surface area contributed by atoms with E-state index in [2.05, 4.69) is 0 Å². The Morgan fingerprint density at radius 3 is 1.96 bits per heavy atom. The highest BCUT2D eigenvalue weighted by Crippen LogP contribution is 2.35. The highest BCUT2D eigenvalue weighted by atomic mass is 35.5. The first-order valence-corrected chi connectivity index (χ1v) is 8.92. The molecule has 0 aromatic carbocycles. The molecule has 0 aliphatic heterocycles. The molecule has 1 aromatic rings. The molecule has 0 aliphatic rings. The lowest BCUT2D eigenvalue weighted by Gasteiger charge is -2.26. The van der Waals surface area contributed by atoms with Crippen LogP contribution >= 0.6 is 22.9 Å². The Hall–Kier alpha value is -1.05. The second-order valence-corrected chi connectivity index (χ2v) is 8.55. The Morgan fingerprint density at radius 2 is 1.64 bits per heavy atom. The number of nitrogens with one attached hydrogen (secondary N) is 1. The highest BCUT2D eigenvalue weighted by molar-refractivity contribution is 7.91. The normalized spacial score (nSPS) is 14.7. The molecule has 1 aromatic heterocycles. The number of carboxylic acid groups (broad SMARTS) is 1. The van der Waals surface area contributed by atoms with Crippen LogP contribution in [0.5, 0.6) is 0 Å². The van der Waals surface area contributed by atoms with Crippen molar-refractivity contribution in [3.63, 3.8) is 0 Å². The van der Waals surface area contributed by atoms with Crippen molar-refractivity contribution >= 4 is 38.9 Å². The average molecular weight is 434 g/mol. The predicted octanol–water partition coefficient (Wildman–Crippen LogP) is 3.65. The molecule has 0 saturated heterocycles. The Labute approximate surface area is 146 Å². The zero-order valence-corrected chi connectivity index (χ0v) is 14.2. The van der Waals surface area contributed by atoms with Gasteiger partial charge in [-0.05, 0) is 12.1 Å². The van der Waals surface area contributed by atoms with E-state index in [-0.39, 0.29) is 4.34 Å². The molecule has 0 aliphatic carbocycles. The maximum atomic E-state index is 12.5. The number of halogens is 7. The van der Waals surface area contributed by atoms with Crippen LogP contribution in [0.2, 0.25) is 4.34 Å². The number of thiophene rings is 1. The minimum absolute atomic E-state index is 0.0191. The fourth-order valence-corrected chi connectivity index (χ4v) is 4.68. The smallest absolute Gasteiger partial charge is 0.389 e. The van der Waals surface area contributed by atoms with Gasteiger partial charge in [-0.25, -0.2) is 8.42 Å². The molecular weight excluding hydrogens is 424 g/mol. The maximum Gasteiger partial charge on any atom is 0.389 e. The molecule has 25 heavy (non-hydrogen) atoms. The molecule has 1 rings (SSSR count). The van der Waals surface area contributed by atoms with E-state index in [4.69, 9.17) is 16.7 Å². The van der Waals surface area contributed by atoms with Crippen molar-refractivity contribution in [1.29, 1.82) is 0 Å². The summed E-state index contributed by atoms with van der Waals surface area (Å²) in [6.07, 6.45) is -14.5. The molecule has 0 bridgehead atoms. The molecule has 5 nitrogen and oxygen atoms in total. The van der Waals surface area contributed by atoms with Crippen molar-refractivity contribution in [2.45, 2.75) is 35.4 Å². The Bertz CT molecular complexity index is 699. The quantitative estimate of drug-likeness (QED) is 0.643. The van der Waals surface area contributed by atoms with E-state index in [1.165, 1.54) is 4.72 Å². The van der Waals surface area contributed by atoms with Crippen molar-refractivity contribution in [2.24, 2.45) is 5.92 Å². The zero-order chi connectivity index (χ0) is 19.6. The van der Waals surface area contributed by atoms with Crippen LogP contribution in [-0.2, 0) is 14.8 Å². The highest BCUT2D eigenvalue weighted by Gasteiger charge is 2.45. The van der Waals surface area contributed by atoms with Gasteiger partial charge in [-0.1, -0.05) is 11.6 Å². The van der Waals surface area contributed by atoms with E-state index in [0.29, 0.717) is 11.3 Å². The van der Waals surface area contributed by atoms with Gasteiger partial charge in [0, 0.05) is 18.8 Å². The number of hydrogen-bond acceptors (Lipinski definition) is 4. The zero-order valence-electron chi connectivity index (χ0n) is 11.9. The van der Waals surface area contributed by atoms with E-state index in [1.807, 2.05) is 0 Å². The average Bonchev–Trinajstić information content (AvgIpc) is 2.79. The fourth-order valence-electron chi connectivity index (χ4n) is 1.92. The maximum absolute atomic E-state index is 12.5. The molecule has 1 atom stereocenters. The Morgan fingerprint density at radius 1 is 1.16 bits per heavy atom. The van der Waals surface area contributed by atoms with E-state index in [9.17, 15) is 39.6 Å². The third kappa shape index (κ3) is 7.38. The lowest BCUT2D eigenvalue weighted by Crippen LogP contribution is -2.48. The number of rotatable bonds is 7. The number of hydrogen-bond donors (Lipinski definition) is 2. The summed E-state index contributed by atoms with van der Waals surface area (Å²) in [6, 6.07) is -0.565. The lowest BCUT2D eigenvalue weighted by atomic mass is 9.92. The van der Waals surface area contributed by atoms with Gasteiger partial charge in [0.05, 0.1) is 4.34 Å². The topological polar surface area (TPSA) is 83.5 Å². The Kier molecular flexibility index (Phi) is 6.75. The molecule has 2 N–H and O–H groups in total.